The Hall–Kier alpha value is -2.24. The highest BCUT2D eigenvalue weighted by atomic mass is 17.1. The van der Waals surface area contributed by atoms with E-state index in [2.05, 4.69) is 10.2 Å². The van der Waals surface area contributed by atoms with Gasteiger partial charge in [0.25, 0.3) is 0 Å². The molecule has 1 rings (SSSR count). The first-order valence-electron chi connectivity index (χ1n) is 7.36. The molecule has 5 unspecified atom stereocenters. The predicted molar refractivity (Wildman–Crippen MR) is 77.7 cm³/mol. The van der Waals surface area contributed by atoms with E-state index < -0.39 is 54.5 Å². The third kappa shape index (κ3) is 6.29. The number of carbonyl (C=O) groups excluding carboxylic acids is 4. The minimum Gasteiger partial charge on any atom is -0.463 e. The summed E-state index contributed by atoms with van der Waals surface area (Å²) in [6, 6.07) is -1.18. The summed E-state index contributed by atoms with van der Waals surface area (Å²) < 4.78 is 20.5. The Kier molecular flexibility index (Phi) is 7.74. The van der Waals surface area contributed by atoms with Crippen LogP contribution in [0.2, 0.25) is 0 Å². The second-order valence-corrected chi connectivity index (χ2v) is 5.33. The van der Waals surface area contributed by atoms with E-state index in [1.165, 1.54) is 6.92 Å². The fourth-order valence-corrected chi connectivity index (χ4v) is 2.38. The zero-order chi connectivity index (χ0) is 19.1. The van der Waals surface area contributed by atoms with Crippen LogP contribution in [0.5, 0.6) is 0 Å². The van der Waals surface area contributed by atoms with E-state index in [1.54, 1.807) is 0 Å². The number of amides is 1. The molecule has 1 saturated heterocycles. The fraction of sp³-hybridized carbons (Fsp3) is 0.714. The van der Waals surface area contributed by atoms with Crippen LogP contribution in [0, 0.1) is 0 Å². The van der Waals surface area contributed by atoms with Crippen molar-refractivity contribution in [2.45, 2.75) is 58.3 Å². The van der Waals surface area contributed by atoms with E-state index >= 15 is 0 Å². The Morgan fingerprint density at radius 3 is 1.96 bits per heavy atom. The van der Waals surface area contributed by atoms with Gasteiger partial charge in [0.15, 0.2) is 12.2 Å². The lowest BCUT2D eigenvalue weighted by Crippen LogP contribution is -2.66. The number of hydrogen-bond donors (Lipinski definition) is 2. The van der Waals surface area contributed by atoms with E-state index in [-0.39, 0.29) is 6.61 Å². The molecule has 11 heteroatoms. The predicted octanol–water partition coefficient (Wildman–Crippen LogP) is -0.868. The molecule has 1 heterocycles. The van der Waals surface area contributed by atoms with Gasteiger partial charge in [0.05, 0.1) is 0 Å². The molecule has 25 heavy (non-hydrogen) atoms. The number of hydrogen-bond acceptors (Lipinski definition) is 10. The van der Waals surface area contributed by atoms with Gasteiger partial charge in [0, 0.05) is 27.7 Å². The highest BCUT2D eigenvalue weighted by Crippen LogP contribution is 2.27. The molecule has 0 saturated carbocycles. The molecule has 0 spiro atoms. The third-order valence-corrected chi connectivity index (χ3v) is 3.18. The molecule has 1 aliphatic rings. The molecule has 0 aromatic carbocycles. The number of nitrogens with one attached hydrogen (secondary N) is 1. The van der Waals surface area contributed by atoms with Crippen LogP contribution < -0.4 is 5.32 Å². The molecule has 1 amide bonds. The van der Waals surface area contributed by atoms with Gasteiger partial charge in [-0.05, 0) is 0 Å². The third-order valence-electron chi connectivity index (χ3n) is 3.18. The maximum Gasteiger partial charge on any atom is 0.303 e. The quantitative estimate of drug-likeness (QED) is 0.264. The van der Waals surface area contributed by atoms with Gasteiger partial charge in [-0.1, -0.05) is 0 Å². The van der Waals surface area contributed by atoms with Crippen molar-refractivity contribution in [2.24, 2.45) is 0 Å². The highest BCUT2D eigenvalue weighted by molar-refractivity contribution is 5.73. The van der Waals surface area contributed by atoms with Gasteiger partial charge in [-0.3, -0.25) is 19.2 Å². The van der Waals surface area contributed by atoms with E-state index in [0.717, 1.165) is 20.8 Å². The van der Waals surface area contributed by atoms with E-state index in [1.807, 2.05) is 0 Å². The van der Waals surface area contributed by atoms with E-state index in [4.69, 9.17) is 24.2 Å². The average molecular weight is 363 g/mol. The first-order valence-corrected chi connectivity index (χ1v) is 7.36. The molecular formula is C14H21NO10. The molecule has 0 aromatic rings. The monoisotopic (exact) mass is 363 g/mol. The lowest BCUT2D eigenvalue weighted by Gasteiger charge is -2.43. The Balaban J connectivity index is 3.18. The van der Waals surface area contributed by atoms with Gasteiger partial charge in [-0.15, -0.1) is 0 Å². The summed E-state index contributed by atoms with van der Waals surface area (Å²) in [7, 11) is 0. The van der Waals surface area contributed by atoms with Gasteiger partial charge in [0.1, 0.15) is 18.8 Å². The van der Waals surface area contributed by atoms with Crippen LogP contribution in [0.25, 0.3) is 0 Å². The number of carbonyl (C=O) groups is 4. The average Bonchev–Trinajstić information content (AvgIpc) is 2.48. The molecule has 1 aliphatic heterocycles. The van der Waals surface area contributed by atoms with Crippen LogP contribution in [0.1, 0.15) is 27.7 Å². The minimum atomic E-state index is -1.46. The van der Waals surface area contributed by atoms with Gasteiger partial charge in [0.2, 0.25) is 12.2 Å². The molecule has 5 atom stereocenters. The Morgan fingerprint density at radius 2 is 1.52 bits per heavy atom. The van der Waals surface area contributed by atoms with Crippen molar-refractivity contribution in [3.63, 3.8) is 0 Å². The summed E-state index contributed by atoms with van der Waals surface area (Å²) in [6.07, 6.45) is -5.04. The second-order valence-electron chi connectivity index (χ2n) is 5.33. The molecule has 0 bridgehead atoms. The fourth-order valence-electron chi connectivity index (χ4n) is 2.38. The molecule has 11 nitrogen and oxygen atoms in total. The smallest absolute Gasteiger partial charge is 0.303 e. The maximum absolute atomic E-state index is 11.4. The van der Waals surface area contributed by atoms with Crippen molar-refractivity contribution >= 4 is 23.8 Å². The first kappa shape index (κ1) is 20.8. The maximum atomic E-state index is 11.4. The van der Waals surface area contributed by atoms with Gasteiger partial charge < -0.3 is 24.3 Å². The molecule has 0 radical (unpaired) electrons. The van der Waals surface area contributed by atoms with Crippen molar-refractivity contribution in [3.8, 4) is 0 Å². The molecule has 0 aromatic heterocycles. The van der Waals surface area contributed by atoms with Crippen LogP contribution in [-0.2, 0) is 43.0 Å². The Labute approximate surface area is 143 Å². The van der Waals surface area contributed by atoms with Gasteiger partial charge >= 0.3 is 17.9 Å². The topological polar surface area (TPSA) is 147 Å². The van der Waals surface area contributed by atoms with Crippen LogP contribution in [-0.4, -0.2) is 66.3 Å². The SMILES string of the molecule is CC(=O)NC1C(OO)OC(COC(C)=O)C(OC(C)=O)C1OC(C)=O. The summed E-state index contributed by atoms with van der Waals surface area (Å²) >= 11 is 0. The molecular weight excluding hydrogens is 342 g/mol. The van der Waals surface area contributed by atoms with Crippen molar-refractivity contribution in [3.05, 3.63) is 0 Å². The zero-order valence-electron chi connectivity index (χ0n) is 14.2. The lowest BCUT2D eigenvalue weighted by atomic mass is 9.96. The number of ether oxygens (including phenoxy) is 4. The second kappa shape index (κ2) is 9.30. The van der Waals surface area contributed by atoms with Gasteiger partial charge in [-0.25, -0.2) is 10.1 Å². The van der Waals surface area contributed by atoms with Crippen LogP contribution in [0.3, 0.4) is 0 Å². The lowest BCUT2D eigenvalue weighted by molar-refractivity contribution is -0.387. The molecule has 2 N–H and O–H groups in total. The summed E-state index contributed by atoms with van der Waals surface area (Å²) in [5.41, 5.74) is 0. The molecule has 142 valence electrons. The van der Waals surface area contributed by atoms with Crippen molar-refractivity contribution in [1.82, 2.24) is 5.32 Å². The van der Waals surface area contributed by atoms with Crippen LogP contribution in [0.4, 0.5) is 0 Å². The molecule has 0 aliphatic carbocycles. The Morgan fingerprint density at radius 1 is 0.960 bits per heavy atom. The van der Waals surface area contributed by atoms with Crippen molar-refractivity contribution in [1.29, 1.82) is 0 Å². The van der Waals surface area contributed by atoms with Crippen molar-refractivity contribution in [2.75, 3.05) is 6.61 Å². The summed E-state index contributed by atoms with van der Waals surface area (Å²) in [4.78, 5) is 49.5. The largest absolute Gasteiger partial charge is 0.463 e. The normalized spacial score (nSPS) is 28.6. The van der Waals surface area contributed by atoms with Crippen LogP contribution in [0.15, 0.2) is 0 Å². The van der Waals surface area contributed by atoms with E-state index in [9.17, 15) is 19.2 Å². The number of esters is 3. The number of rotatable bonds is 6. The summed E-state index contributed by atoms with van der Waals surface area (Å²) in [5.74, 6) is -2.61. The van der Waals surface area contributed by atoms with E-state index in [0.29, 0.717) is 0 Å². The Bertz CT molecular complexity index is 522. The minimum absolute atomic E-state index is 0.363. The summed E-state index contributed by atoms with van der Waals surface area (Å²) in [5, 5.41) is 11.5. The van der Waals surface area contributed by atoms with Crippen LogP contribution >= 0.6 is 0 Å². The molecule has 1 fully saturated rings. The van der Waals surface area contributed by atoms with Gasteiger partial charge in [-0.2, -0.15) is 0 Å². The van der Waals surface area contributed by atoms with Crippen molar-refractivity contribution < 1.29 is 48.3 Å². The zero-order valence-corrected chi connectivity index (χ0v) is 14.2. The standard InChI is InChI=1S/C14H21NO10/c1-6(16)15-11-13(23-9(4)19)12(22-8(3)18)10(5-21-7(2)17)24-14(11)25-20/h10-14,20H,5H2,1-4H3,(H,15,16). The first-order chi connectivity index (χ1) is 11.6. The highest BCUT2D eigenvalue weighted by Gasteiger charge is 2.51. The summed E-state index contributed by atoms with van der Waals surface area (Å²) in [6.45, 7) is 4.22.